The lowest BCUT2D eigenvalue weighted by atomic mass is 9.88. The van der Waals surface area contributed by atoms with Gasteiger partial charge in [-0.15, -0.1) is 0 Å². The number of pyridine rings is 1. The number of methoxy groups -OCH3 is 1. The van der Waals surface area contributed by atoms with Crippen molar-refractivity contribution < 1.29 is 4.74 Å². The maximum atomic E-state index is 5.36. The van der Waals surface area contributed by atoms with E-state index < -0.39 is 0 Å². The van der Waals surface area contributed by atoms with Gasteiger partial charge in [-0.1, -0.05) is 6.07 Å². The molecule has 1 aliphatic carbocycles. The Hall–Kier alpha value is -2.66. The molecule has 0 saturated carbocycles. The van der Waals surface area contributed by atoms with Gasteiger partial charge in [0.2, 0.25) is 0 Å². The van der Waals surface area contributed by atoms with Crippen LogP contribution < -0.4 is 10.1 Å². The number of aryl methyl sites for hydroxylation is 1. The quantitative estimate of drug-likeness (QED) is 0.779. The zero-order valence-corrected chi connectivity index (χ0v) is 14.4. The van der Waals surface area contributed by atoms with Gasteiger partial charge in [0.25, 0.3) is 0 Å². The summed E-state index contributed by atoms with van der Waals surface area (Å²) in [6, 6.07) is 11.1. The first kappa shape index (κ1) is 15.8. The van der Waals surface area contributed by atoms with E-state index >= 15 is 0 Å². The average molecular weight is 334 g/mol. The third-order valence-corrected chi connectivity index (χ3v) is 4.82. The zero-order valence-electron chi connectivity index (χ0n) is 14.4. The molecule has 1 aliphatic rings. The Kier molecular flexibility index (Phi) is 4.48. The summed E-state index contributed by atoms with van der Waals surface area (Å²) in [6.07, 6.45) is 10.6. The molecule has 2 heterocycles. The van der Waals surface area contributed by atoms with Gasteiger partial charge in [0, 0.05) is 31.2 Å². The lowest BCUT2D eigenvalue weighted by Gasteiger charge is -2.26. The van der Waals surface area contributed by atoms with E-state index in [4.69, 9.17) is 4.74 Å². The molecule has 1 aromatic carbocycles. The topological polar surface area (TPSA) is 52.0 Å². The van der Waals surface area contributed by atoms with Gasteiger partial charge in [-0.25, -0.2) is 9.97 Å². The molecule has 0 bridgehead atoms. The van der Waals surface area contributed by atoms with Crippen molar-refractivity contribution in [1.29, 1.82) is 0 Å². The highest BCUT2D eigenvalue weighted by Gasteiger charge is 2.18. The number of aromatic nitrogens is 3. The third kappa shape index (κ3) is 3.56. The molecule has 4 rings (SSSR count). The Morgan fingerprint density at radius 3 is 3.00 bits per heavy atom. The Balaban J connectivity index is 1.41. The second kappa shape index (κ2) is 7.07. The van der Waals surface area contributed by atoms with E-state index in [-0.39, 0.29) is 0 Å². The van der Waals surface area contributed by atoms with E-state index in [0.29, 0.717) is 6.04 Å². The monoisotopic (exact) mass is 334 g/mol. The average Bonchev–Trinajstić information content (AvgIpc) is 3.21. The summed E-state index contributed by atoms with van der Waals surface area (Å²) in [5.41, 5.74) is 4.08. The van der Waals surface area contributed by atoms with Crippen molar-refractivity contribution in [1.82, 2.24) is 19.9 Å². The number of nitrogens with zero attached hydrogens (tertiary/aromatic N) is 3. The summed E-state index contributed by atoms with van der Waals surface area (Å²) in [4.78, 5) is 8.49. The Labute approximate surface area is 147 Å². The fraction of sp³-hybridized carbons (Fsp3) is 0.300. The molecule has 5 heteroatoms. The van der Waals surface area contributed by atoms with Crippen LogP contribution in [0.5, 0.6) is 5.75 Å². The highest BCUT2D eigenvalue weighted by atomic mass is 16.5. The van der Waals surface area contributed by atoms with Crippen molar-refractivity contribution >= 4 is 0 Å². The Bertz CT molecular complexity index is 845. The molecule has 0 spiro atoms. The maximum absolute atomic E-state index is 5.36. The van der Waals surface area contributed by atoms with Gasteiger partial charge in [0.15, 0.2) is 0 Å². The van der Waals surface area contributed by atoms with Gasteiger partial charge in [-0.05, 0) is 60.2 Å². The van der Waals surface area contributed by atoms with Gasteiger partial charge < -0.3 is 10.1 Å². The molecule has 1 N–H and O–H groups in total. The summed E-state index contributed by atoms with van der Waals surface area (Å²) >= 11 is 0. The zero-order chi connectivity index (χ0) is 17.1. The molecule has 0 saturated heterocycles. The number of rotatable bonds is 5. The van der Waals surface area contributed by atoms with E-state index in [2.05, 4.69) is 45.6 Å². The van der Waals surface area contributed by atoms with Crippen molar-refractivity contribution in [2.45, 2.75) is 31.8 Å². The van der Waals surface area contributed by atoms with Gasteiger partial charge in [0.1, 0.15) is 17.9 Å². The van der Waals surface area contributed by atoms with Crippen molar-refractivity contribution in [2.75, 3.05) is 7.11 Å². The van der Waals surface area contributed by atoms with E-state index in [1.165, 1.54) is 23.1 Å². The first-order valence-corrected chi connectivity index (χ1v) is 8.64. The predicted molar refractivity (Wildman–Crippen MR) is 97.0 cm³/mol. The molecule has 0 amide bonds. The maximum Gasteiger partial charge on any atom is 0.138 e. The molecular formula is C20H22N4O. The number of nitrogens with one attached hydrogen (secondary N) is 1. The summed E-state index contributed by atoms with van der Waals surface area (Å²) in [7, 11) is 1.72. The summed E-state index contributed by atoms with van der Waals surface area (Å²) in [5.74, 6) is 1.84. The highest BCUT2D eigenvalue weighted by molar-refractivity contribution is 5.38. The van der Waals surface area contributed by atoms with Crippen LogP contribution >= 0.6 is 0 Å². The Morgan fingerprint density at radius 2 is 2.16 bits per heavy atom. The fourth-order valence-corrected chi connectivity index (χ4v) is 3.40. The number of hydrogen-bond donors (Lipinski definition) is 1. The number of benzene rings is 1. The SMILES string of the molecule is COc1ccc2c(c1)CC(NCc1ccnc(-n3ccnc3)c1)CC2. The minimum atomic E-state index is 0.490. The van der Waals surface area contributed by atoms with Crippen LogP contribution in [-0.4, -0.2) is 27.7 Å². The molecule has 1 unspecified atom stereocenters. The van der Waals surface area contributed by atoms with E-state index in [9.17, 15) is 0 Å². The summed E-state index contributed by atoms with van der Waals surface area (Å²) in [5, 5.41) is 3.70. The van der Waals surface area contributed by atoms with Crippen molar-refractivity contribution in [3.05, 3.63) is 71.9 Å². The molecule has 0 radical (unpaired) electrons. The smallest absolute Gasteiger partial charge is 0.138 e. The van der Waals surface area contributed by atoms with E-state index in [1.807, 2.05) is 17.0 Å². The van der Waals surface area contributed by atoms with Crippen LogP contribution in [0.3, 0.4) is 0 Å². The minimum absolute atomic E-state index is 0.490. The normalized spacial score (nSPS) is 16.4. The van der Waals surface area contributed by atoms with Gasteiger partial charge in [-0.3, -0.25) is 4.57 Å². The van der Waals surface area contributed by atoms with Gasteiger partial charge in [0.05, 0.1) is 7.11 Å². The number of fused-ring (bicyclic) bond motifs is 1. The van der Waals surface area contributed by atoms with Crippen LogP contribution in [0.2, 0.25) is 0 Å². The standard InChI is InChI=1S/C20H22N4O/c1-25-19-5-3-16-2-4-18(11-17(16)12-19)23-13-15-6-7-22-20(10-15)24-9-8-21-14-24/h3,5-10,12,14,18,23H,2,4,11,13H2,1H3. The lowest BCUT2D eigenvalue weighted by Crippen LogP contribution is -2.34. The fourth-order valence-electron chi connectivity index (χ4n) is 3.40. The van der Waals surface area contributed by atoms with Crippen LogP contribution in [0.25, 0.3) is 5.82 Å². The number of hydrogen-bond acceptors (Lipinski definition) is 4. The highest BCUT2D eigenvalue weighted by Crippen LogP contribution is 2.25. The van der Waals surface area contributed by atoms with Crippen LogP contribution in [-0.2, 0) is 19.4 Å². The van der Waals surface area contributed by atoms with Crippen LogP contribution in [0.15, 0.2) is 55.2 Å². The molecule has 0 fully saturated rings. The summed E-state index contributed by atoms with van der Waals surface area (Å²) < 4.78 is 7.28. The number of ether oxygens (including phenoxy) is 1. The van der Waals surface area contributed by atoms with E-state index in [1.54, 1.807) is 19.6 Å². The lowest BCUT2D eigenvalue weighted by molar-refractivity contribution is 0.411. The van der Waals surface area contributed by atoms with Crippen LogP contribution in [0.1, 0.15) is 23.1 Å². The van der Waals surface area contributed by atoms with Crippen molar-refractivity contribution in [3.8, 4) is 11.6 Å². The molecule has 25 heavy (non-hydrogen) atoms. The summed E-state index contributed by atoms with van der Waals surface area (Å²) in [6.45, 7) is 0.841. The third-order valence-electron chi connectivity index (χ3n) is 4.82. The molecule has 2 aromatic heterocycles. The molecule has 0 aliphatic heterocycles. The predicted octanol–water partition coefficient (Wildman–Crippen LogP) is 2.92. The molecule has 1 atom stereocenters. The number of imidazole rings is 1. The van der Waals surface area contributed by atoms with Crippen molar-refractivity contribution in [2.24, 2.45) is 0 Å². The molecule has 128 valence electrons. The minimum Gasteiger partial charge on any atom is -0.497 e. The first-order valence-electron chi connectivity index (χ1n) is 8.64. The largest absolute Gasteiger partial charge is 0.497 e. The second-order valence-electron chi connectivity index (χ2n) is 6.45. The van der Waals surface area contributed by atoms with Gasteiger partial charge >= 0.3 is 0 Å². The second-order valence-corrected chi connectivity index (χ2v) is 6.45. The van der Waals surface area contributed by atoms with Crippen molar-refractivity contribution in [3.63, 3.8) is 0 Å². The first-order chi connectivity index (χ1) is 12.3. The molecule has 5 nitrogen and oxygen atoms in total. The van der Waals surface area contributed by atoms with Crippen LogP contribution in [0, 0.1) is 0 Å². The Morgan fingerprint density at radius 1 is 1.20 bits per heavy atom. The molecule has 3 aromatic rings. The molecular weight excluding hydrogens is 312 g/mol. The van der Waals surface area contributed by atoms with E-state index in [0.717, 1.165) is 31.0 Å². The van der Waals surface area contributed by atoms with Crippen LogP contribution in [0.4, 0.5) is 0 Å². The van der Waals surface area contributed by atoms with Gasteiger partial charge in [-0.2, -0.15) is 0 Å².